The Labute approximate surface area is 266 Å². The summed E-state index contributed by atoms with van der Waals surface area (Å²) in [4.78, 5) is 40.7. The van der Waals surface area contributed by atoms with Crippen molar-refractivity contribution in [1.29, 1.82) is 10.5 Å². The van der Waals surface area contributed by atoms with Crippen LogP contribution in [0.4, 0.5) is 0 Å². The minimum absolute atomic E-state index is 0.00960. The van der Waals surface area contributed by atoms with Crippen molar-refractivity contribution in [1.82, 2.24) is 4.90 Å². The average Bonchev–Trinajstić information content (AvgIpc) is 3.50. The number of hydrogen-bond donors (Lipinski definition) is 0. The lowest BCUT2D eigenvalue weighted by molar-refractivity contribution is 0.0621. The highest BCUT2D eigenvalue weighted by Gasteiger charge is 2.42. The van der Waals surface area contributed by atoms with Gasteiger partial charge in [-0.3, -0.25) is 19.3 Å². The zero-order chi connectivity index (χ0) is 31.0. The standard InChI is InChI=1S/C35H49N3O3S2/c1-3-5-7-9-11-13-14-16-18-20-22-26(21-19-17-15-12-10-8-6-4-2)25-38-33(39)29-27(23-36)31-32(43-35(41)42-31)28(24-37)30(29)34(38)40/h26H,3-22,25H2,1-2H3. The van der Waals surface area contributed by atoms with Crippen molar-refractivity contribution in [3.8, 4) is 12.1 Å². The summed E-state index contributed by atoms with van der Waals surface area (Å²) in [6, 6.07) is 4.14. The zero-order valence-electron chi connectivity index (χ0n) is 26.3. The highest BCUT2D eigenvalue weighted by Crippen LogP contribution is 2.39. The van der Waals surface area contributed by atoms with Crippen LogP contribution < -0.4 is 4.06 Å². The molecule has 1 aromatic heterocycles. The van der Waals surface area contributed by atoms with Gasteiger partial charge >= 0.3 is 0 Å². The zero-order valence-corrected chi connectivity index (χ0v) is 27.9. The molecule has 0 N–H and O–H groups in total. The molecule has 43 heavy (non-hydrogen) atoms. The van der Waals surface area contributed by atoms with E-state index in [9.17, 15) is 24.9 Å². The monoisotopic (exact) mass is 623 g/mol. The number of nitrogens with zero attached hydrogens (tertiary/aromatic N) is 3. The van der Waals surface area contributed by atoms with Crippen molar-refractivity contribution >= 4 is 43.9 Å². The fourth-order valence-electron chi connectivity index (χ4n) is 6.33. The van der Waals surface area contributed by atoms with Gasteiger partial charge in [0.25, 0.3) is 15.9 Å². The lowest BCUT2D eigenvalue weighted by atomic mass is 9.93. The van der Waals surface area contributed by atoms with Crippen LogP contribution in [-0.2, 0) is 0 Å². The molecular formula is C35H49N3O3S2. The molecule has 2 amide bonds. The molecule has 2 heterocycles. The van der Waals surface area contributed by atoms with Crippen LogP contribution in [0.2, 0.25) is 0 Å². The van der Waals surface area contributed by atoms with E-state index in [4.69, 9.17) is 0 Å². The molecule has 0 fully saturated rings. The van der Waals surface area contributed by atoms with Gasteiger partial charge in [-0.05, 0) is 18.8 Å². The molecule has 2 aromatic rings. The van der Waals surface area contributed by atoms with E-state index in [-0.39, 0.29) is 32.2 Å². The van der Waals surface area contributed by atoms with Crippen molar-refractivity contribution in [2.45, 2.75) is 142 Å². The fourth-order valence-corrected chi connectivity index (χ4v) is 8.47. The number of fused-ring (bicyclic) bond motifs is 2. The molecule has 0 radical (unpaired) electrons. The summed E-state index contributed by atoms with van der Waals surface area (Å²) in [7, 11) is 0. The quantitative estimate of drug-likeness (QED) is 0.0959. The van der Waals surface area contributed by atoms with E-state index in [1.807, 2.05) is 0 Å². The SMILES string of the molecule is CCCCCCCCCCCCC(CCCCCCCCCC)CN1C(=O)c2c(c(C#N)c3sc(=O)sc3c2C#N)C1=O. The third-order valence-corrected chi connectivity index (χ3v) is 11.0. The van der Waals surface area contributed by atoms with Crippen LogP contribution in [0.3, 0.4) is 0 Å². The summed E-state index contributed by atoms with van der Waals surface area (Å²) in [5.41, 5.74) is 0.135. The van der Waals surface area contributed by atoms with E-state index >= 15 is 0 Å². The summed E-state index contributed by atoms with van der Waals surface area (Å²) < 4.78 is 0.429. The van der Waals surface area contributed by atoms with Gasteiger partial charge in [0.15, 0.2) is 0 Å². The van der Waals surface area contributed by atoms with Crippen LogP contribution in [0.1, 0.15) is 174 Å². The summed E-state index contributed by atoms with van der Waals surface area (Å²) in [5, 5.41) is 19.9. The Morgan fingerprint density at radius 3 is 1.28 bits per heavy atom. The maximum atomic E-state index is 13.7. The summed E-state index contributed by atoms with van der Waals surface area (Å²) in [6.45, 7) is 4.80. The molecule has 1 aliphatic heterocycles. The number of unbranched alkanes of at least 4 members (excludes halogenated alkanes) is 16. The Bertz CT molecular complexity index is 1270. The van der Waals surface area contributed by atoms with E-state index in [0.717, 1.165) is 61.2 Å². The van der Waals surface area contributed by atoms with Crippen LogP contribution in [0.15, 0.2) is 4.79 Å². The maximum Gasteiger partial charge on any atom is 0.288 e. The number of benzene rings is 1. The normalized spacial score (nSPS) is 13.4. The minimum atomic E-state index is -0.496. The molecular weight excluding hydrogens is 575 g/mol. The van der Waals surface area contributed by atoms with Gasteiger partial charge in [0, 0.05) is 6.54 Å². The molecule has 0 bridgehead atoms. The van der Waals surface area contributed by atoms with Crippen LogP contribution in [-0.4, -0.2) is 23.3 Å². The first-order chi connectivity index (χ1) is 21.0. The molecule has 0 aliphatic carbocycles. The summed E-state index contributed by atoms with van der Waals surface area (Å²) in [6.07, 6.45) is 24.5. The number of amides is 2. The number of carbonyl (C=O) groups excluding carboxylic acids is 2. The average molecular weight is 624 g/mol. The molecule has 3 rings (SSSR count). The molecule has 8 heteroatoms. The van der Waals surface area contributed by atoms with E-state index in [1.54, 1.807) is 0 Å². The molecule has 1 unspecified atom stereocenters. The first-order valence-corrected chi connectivity index (χ1v) is 18.4. The Morgan fingerprint density at radius 1 is 0.581 bits per heavy atom. The van der Waals surface area contributed by atoms with E-state index < -0.39 is 11.8 Å². The molecule has 6 nitrogen and oxygen atoms in total. The molecule has 234 valence electrons. The van der Waals surface area contributed by atoms with Gasteiger partial charge in [-0.2, -0.15) is 10.5 Å². The van der Waals surface area contributed by atoms with Crippen LogP contribution >= 0.6 is 22.7 Å². The van der Waals surface area contributed by atoms with Gasteiger partial charge < -0.3 is 0 Å². The fraction of sp³-hybridized carbons (Fsp3) is 0.686. The highest BCUT2D eigenvalue weighted by atomic mass is 32.2. The second-order valence-electron chi connectivity index (χ2n) is 12.2. The van der Waals surface area contributed by atoms with Gasteiger partial charge in [0.05, 0.1) is 31.7 Å². The molecule has 0 spiro atoms. The first-order valence-electron chi connectivity index (χ1n) is 16.8. The van der Waals surface area contributed by atoms with E-state index in [1.165, 1.54) is 94.8 Å². The third-order valence-electron chi connectivity index (χ3n) is 8.80. The van der Waals surface area contributed by atoms with Gasteiger partial charge in [0.2, 0.25) is 0 Å². The predicted octanol–water partition coefficient (Wildman–Crippen LogP) is 10.1. The minimum Gasteiger partial charge on any atom is -0.274 e. The number of imide groups is 1. The maximum absolute atomic E-state index is 13.7. The van der Waals surface area contributed by atoms with Gasteiger partial charge in [0.1, 0.15) is 12.1 Å². The van der Waals surface area contributed by atoms with E-state index in [0.29, 0.717) is 15.9 Å². The van der Waals surface area contributed by atoms with Crippen LogP contribution in [0.25, 0.3) is 9.40 Å². The van der Waals surface area contributed by atoms with Crippen LogP contribution in [0.5, 0.6) is 0 Å². The summed E-state index contributed by atoms with van der Waals surface area (Å²) in [5.74, 6) is -0.792. The Balaban J connectivity index is 1.63. The molecule has 1 aromatic carbocycles. The second-order valence-corrected chi connectivity index (χ2v) is 14.4. The Hall–Kier alpha value is -2.55. The predicted molar refractivity (Wildman–Crippen MR) is 178 cm³/mol. The van der Waals surface area contributed by atoms with Crippen molar-refractivity contribution in [2.24, 2.45) is 5.92 Å². The first kappa shape index (κ1) is 34.9. The lowest BCUT2D eigenvalue weighted by Gasteiger charge is -2.23. The lowest BCUT2D eigenvalue weighted by Crippen LogP contribution is -2.35. The van der Waals surface area contributed by atoms with Crippen molar-refractivity contribution in [3.63, 3.8) is 0 Å². The largest absolute Gasteiger partial charge is 0.288 e. The molecule has 0 saturated heterocycles. The Kier molecular flexibility index (Phi) is 15.4. The smallest absolute Gasteiger partial charge is 0.274 e. The molecule has 1 aliphatic rings. The van der Waals surface area contributed by atoms with E-state index in [2.05, 4.69) is 26.0 Å². The summed E-state index contributed by atoms with van der Waals surface area (Å²) >= 11 is 1.74. The molecule has 0 saturated carbocycles. The topological polar surface area (TPSA) is 102 Å². The van der Waals surface area contributed by atoms with Crippen molar-refractivity contribution < 1.29 is 9.59 Å². The van der Waals surface area contributed by atoms with Crippen LogP contribution in [0, 0.1) is 28.6 Å². The Morgan fingerprint density at radius 2 is 0.930 bits per heavy atom. The third kappa shape index (κ3) is 9.72. The number of rotatable bonds is 22. The van der Waals surface area contributed by atoms with Gasteiger partial charge in [-0.1, -0.05) is 152 Å². The van der Waals surface area contributed by atoms with Gasteiger partial charge in [-0.25, -0.2) is 0 Å². The second kappa shape index (κ2) is 19.0. The molecule has 1 atom stereocenters. The van der Waals surface area contributed by atoms with Crippen molar-refractivity contribution in [3.05, 3.63) is 31.1 Å². The number of nitriles is 2. The number of carbonyl (C=O) groups is 2. The van der Waals surface area contributed by atoms with Gasteiger partial charge in [-0.15, -0.1) is 0 Å². The van der Waals surface area contributed by atoms with Crippen molar-refractivity contribution in [2.75, 3.05) is 6.54 Å². The number of hydrogen-bond acceptors (Lipinski definition) is 7. The highest BCUT2D eigenvalue weighted by molar-refractivity contribution is 7.35.